The van der Waals surface area contributed by atoms with Gasteiger partial charge in [-0.1, -0.05) is 11.6 Å². The lowest BCUT2D eigenvalue weighted by molar-refractivity contribution is -0.137. The van der Waals surface area contributed by atoms with Gasteiger partial charge in [-0.3, -0.25) is 4.79 Å². The molecule has 1 heterocycles. The van der Waals surface area contributed by atoms with E-state index >= 15 is 0 Å². The number of anilines is 1. The van der Waals surface area contributed by atoms with Crippen LogP contribution in [0.5, 0.6) is 5.75 Å². The summed E-state index contributed by atoms with van der Waals surface area (Å²) in [6.45, 7) is 0. The van der Waals surface area contributed by atoms with Gasteiger partial charge in [0.25, 0.3) is 5.91 Å². The van der Waals surface area contributed by atoms with Gasteiger partial charge in [-0.15, -0.1) is 0 Å². The van der Waals surface area contributed by atoms with Gasteiger partial charge in [0, 0.05) is 10.6 Å². The van der Waals surface area contributed by atoms with E-state index in [2.05, 4.69) is 10.3 Å². The summed E-state index contributed by atoms with van der Waals surface area (Å²) in [5.41, 5.74) is -0.188. The van der Waals surface area contributed by atoms with Crippen LogP contribution in [0.25, 0.3) is 11.5 Å². The largest absolute Gasteiger partial charge is 0.495 e. The number of hydrogen-bond acceptors (Lipinski definition) is 4. The van der Waals surface area contributed by atoms with Crippen LogP contribution in [0, 0.1) is 0 Å². The second-order valence-electron chi connectivity index (χ2n) is 5.41. The first-order valence-electron chi connectivity index (χ1n) is 7.56. The molecule has 0 saturated heterocycles. The Balaban J connectivity index is 1.79. The first kappa shape index (κ1) is 18.8. The molecule has 0 atom stereocenters. The topological polar surface area (TPSA) is 64.4 Å². The van der Waals surface area contributed by atoms with Gasteiger partial charge in [0.2, 0.25) is 5.89 Å². The number of carbonyl (C=O) groups excluding carboxylic acids is 1. The molecule has 0 unspecified atom stereocenters. The number of oxazole rings is 1. The van der Waals surface area contributed by atoms with Crippen LogP contribution < -0.4 is 10.1 Å². The summed E-state index contributed by atoms with van der Waals surface area (Å²) < 4.78 is 48.2. The molecule has 0 spiro atoms. The second-order valence-corrected chi connectivity index (χ2v) is 5.85. The van der Waals surface area contributed by atoms with Crippen molar-refractivity contribution in [3.8, 4) is 17.2 Å². The van der Waals surface area contributed by atoms with Gasteiger partial charge in [0.05, 0.1) is 18.4 Å². The molecule has 0 radical (unpaired) electrons. The molecule has 1 aromatic heterocycles. The quantitative estimate of drug-likeness (QED) is 0.652. The fraction of sp³-hybridized carbons (Fsp3) is 0.111. The monoisotopic (exact) mass is 396 g/mol. The number of nitrogens with one attached hydrogen (secondary N) is 1. The SMILES string of the molecule is COc1ccc(Cl)cc1NC(=O)c1coc(-c2ccc(C(F)(F)F)cc2)n1. The summed E-state index contributed by atoms with van der Waals surface area (Å²) in [6, 6.07) is 8.97. The molecule has 0 aliphatic heterocycles. The zero-order chi connectivity index (χ0) is 19.6. The van der Waals surface area contributed by atoms with Crippen LogP contribution in [-0.2, 0) is 6.18 Å². The van der Waals surface area contributed by atoms with Crippen molar-refractivity contribution in [2.75, 3.05) is 12.4 Å². The van der Waals surface area contributed by atoms with Crippen LogP contribution >= 0.6 is 11.6 Å². The summed E-state index contributed by atoms with van der Waals surface area (Å²) in [5.74, 6) is -0.163. The predicted molar refractivity (Wildman–Crippen MR) is 92.9 cm³/mol. The maximum atomic E-state index is 12.6. The number of alkyl halides is 3. The highest BCUT2D eigenvalue weighted by Crippen LogP contribution is 2.31. The average Bonchev–Trinajstić information content (AvgIpc) is 3.11. The van der Waals surface area contributed by atoms with E-state index in [0.717, 1.165) is 18.4 Å². The van der Waals surface area contributed by atoms with Crippen molar-refractivity contribution < 1.29 is 27.1 Å². The predicted octanol–water partition coefficient (Wildman–Crippen LogP) is 5.27. The van der Waals surface area contributed by atoms with E-state index in [4.69, 9.17) is 20.8 Å². The van der Waals surface area contributed by atoms with Gasteiger partial charge in [0.1, 0.15) is 12.0 Å². The van der Waals surface area contributed by atoms with Crippen LogP contribution in [0.1, 0.15) is 16.1 Å². The van der Waals surface area contributed by atoms with Gasteiger partial charge >= 0.3 is 6.18 Å². The lowest BCUT2D eigenvalue weighted by Crippen LogP contribution is -2.13. The lowest BCUT2D eigenvalue weighted by atomic mass is 10.1. The van der Waals surface area contributed by atoms with Crippen molar-refractivity contribution in [1.29, 1.82) is 0 Å². The molecular weight excluding hydrogens is 385 g/mol. The molecule has 2 aromatic carbocycles. The molecule has 140 valence electrons. The van der Waals surface area contributed by atoms with Crippen LogP contribution in [-0.4, -0.2) is 18.0 Å². The van der Waals surface area contributed by atoms with Crippen LogP contribution in [0.2, 0.25) is 5.02 Å². The minimum Gasteiger partial charge on any atom is -0.495 e. The van der Waals surface area contributed by atoms with Crippen LogP contribution in [0.3, 0.4) is 0 Å². The van der Waals surface area contributed by atoms with Crippen molar-refractivity contribution in [2.45, 2.75) is 6.18 Å². The summed E-state index contributed by atoms with van der Waals surface area (Å²) in [4.78, 5) is 16.4. The Labute approximate surface area is 156 Å². The van der Waals surface area contributed by atoms with Crippen molar-refractivity contribution in [3.63, 3.8) is 0 Å². The van der Waals surface area contributed by atoms with E-state index in [1.165, 1.54) is 25.3 Å². The summed E-state index contributed by atoms with van der Waals surface area (Å²) in [7, 11) is 1.44. The Bertz CT molecular complexity index is 969. The van der Waals surface area contributed by atoms with E-state index in [1.54, 1.807) is 12.1 Å². The highest BCUT2D eigenvalue weighted by atomic mass is 35.5. The molecule has 0 saturated carbocycles. The Hall–Kier alpha value is -3.00. The third-order valence-corrected chi connectivity index (χ3v) is 3.84. The number of amides is 1. The third kappa shape index (κ3) is 4.22. The molecular formula is C18H12ClF3N2O3. The zero-order valence-corrected chi connectivity index (χ0v) is 14.6. The molecule has 27 heavy (non-hydrogen) atoms. The van der Waals surface area contributed by atoms with Gasteiger partial charge in [-0.25, -0.2) is 4.98 Å². The molecule has 9 heteroatoms. The number of benzene rings is 2. The molecule has 3 rings (SSSR count). The Morgan fingerprint density at radius 1 is 1.19 bits per heavy atom. The van der Waals surface area contributed by atoms with Crippen LogP contribution in [0.15, 0.2) is 53.1 Å². The van der Waals surface area contributed by atoms with Gasteiger partial charge in [-0.05, 0) is 42.5 Å². The molecule has 1 amide bonds. The molecule has 5 nitrogen and oxygen atoms in total. The zero-order valence-electron chi connectivity index (χ0n) is 13.8. The molecule has 0 aliphatic rings. The summed E-state index contributed by atoms with van der Waals surface area (Å²) in [5, 5.41) is 2.99. The molecule has 0 bridgehead atoms. The van der Waals surface area contributed by atoms with E-state index in [1.807, 2.05) is 0 Å². The fourth-order valence-corrected chi connectivity index (χ4v) is 2.45. The number of ether oxygens (including phenoxy) is 1. The lowest BCUT2D eigenvalue weighted by Gasteiger charge is -2.09. The Morgan fingerprint density at radius 3 is 2.52 bits per heavy atom. The summed E-state index contributed by atoms with van der Waals surface area (Å²) in [6.07, 6.45) is -3.32. The average molecular weight is 397 g/mol. The van der Waals surface area contributed by atoms with Crippen molar-refractivity contribution in [2.24, 2.45) is 0 Å². The standard InChI is InChI=1S/C18H12ClF3N2O3/c1-26-15-7-6-12(19)8-13(15)23-16(25)14-9-27-17(24-14)10-2-4-11(5-3-10)18(20,21)22/h2-9H,1H3,(H,23,25). The molecule has 3 aromatic rings. The van der Waals surface area contributed by atoms with E-state index in [9.17, 15) is 18.0 Å². The second kappa shape index (κ2) is 7.32. The van der Waals surface area contributed by atoms with Crippen LogP contribution in [0.4, 0.5) is 18.9 Å². The number of carbonyl (C=O) groups is 1. The first-order chi connectivity index (χ1) is 12.8. The maximum absolute atomic E-state index is 12.6. The minimum absolute atomic E-state index is 0.0203. The smallest absolute Gasteiger partial charge is 0.416 e. The van der Waals surface area contributed by atoms with E-state index < -0.39 is 17.6 Å². The van der Waals surface area contributed by atoms with Gasteiger partial charge < -0.3 is 14.5 Å². The number of aromatic nitrogens is 1. The van der Waals surface area contributed by atoms with E-state index in [-0.39, 0.29) is 11.6 Å². The number of hydrogen-bond donors (Lipinski definition) is 1. The normalized spacial score (nSPS) is 11.3. The van der Waals surface area contributed by atoms with Crippen molar-refractivity contribution >= 4 is 23.2 Å². The Kier molecular flexibility index (Phi) is 5.09. The number of methoxy groups -OCH3 is 1. The fourth-order valence-electron chi connectivity index (χ4n) is 2.28. The summed E-state index contributed by atoms with van der Waals surface area (Å²) >= 11 is 5.91. The molecule has 0 aliphatic carbocycles. The number of halogens is 4. The maximum Gasteiger partial charge on any atom is 0.416 e. The van der Waals surface area contributed by atoms with Crippen molar-refractivity contribution in [3.05, 3.63) is 65.0 Å². The number of nitrogens with zero attached hydrogens (tertiary/aromatic N) is 1. The van der Waals surface area contributed by atoms with Gasteiger partial charge in [-0.2, -0.15) is 13.2 Å². The molecule has 0 fully saturated rings. The first-order valence-corrected chi connectivity index (χ1v) is 7.94. The Morgan fingerprint density at radius 2 is 1.89 bits per heavy atom. The highest BCUT2D eigenvalue weighted by molar-refractivity contribution is 6.31. The van der Waals surface area contributed by atoms with Crippen molar-refractivity contribution in [1.82, 2.24) is 4.98 Å². The third-order valence-electron chi connectivity index (χ3n) is 3.61. The van der Waals surface area contributed by atoms with Gasteiger partial charge in [0.15, 0.2) is 5.69 Å². The number of rotatable bonds is 4. The highest BCUT2D eigenvalue weighted by Gasteiger charge is 2.30. The minimum atomic E-state index is -4.43. The molecule has 1 N–H and O–H groups in total. The van der Waals surface area contributed by atoms with E-state index in [0.29, 0.717) is 22.0 Å².